The Morgan fingerprint density at radius 2 is 2.16 bits per heavy atom. The zero-order valence-corrected chi connectivity index (χ0v) is 17.6. The minimum atomic E-state index is -0.624. The first kappa shape index (κ1) is 19.6. The molecule has 1 amide bonds. The van der Waals surface area contributed by atoms with Crippen LogP contribution in [0.4, 0.5) is 10.9 Å². The molecule has 0 radical (unpaired) electrons. The van der Waals surface area contributed by atoms with E-state index in [0.717, 1.165) is 28.1 Å². The van der Waals surface area contributed by atoms with Crippen molar-refractivity contribution in [3.05, 3.63) is 48.5 Å². The van der Waals surface area contributed by atoms with Crippen LogP contribution in [-0.2, 0) is 4.79 Å². The number of piperidine rings is 1. The van der Waals surface area contributed by atoms with Crippen LogP contribution in [-0.4, -0.2) is 50.5 Å². The van der Waals surface area contributed by atoms with Gasteiger partial charge in [0.05, 0.1) is 16.5 Å². The van der Waals surface area contributed by atoms with Gasteiger partial charge in [-0.3, -0.25) is 9.78 Å². The maximum absolute atomic E-state index is 13.2. The van der Waals surface area contributed by atoms with Crippen LogP contribution in [0.3, 0.4) is 0 Å². The fourth-order valence-corrected chi connectivity index (χ4v) is 4.70. The lowest BCUT2D eigenvalue weighted by molar-refractivity contribution is -0.126. The van der Waals surface area contributed by atoms with E-state index in [-0.39, 0.29) is 12.5 Å². The molecule has 4 N–H and O–H groups in total. The van der Waals surface area contributed by atoms with Gasteiger partial charge in [-0.15, -0.1) is 11.3 Å². The Morgan fingerprint density at radius 1 is 1.29 bits per heavy atom. The lowest BCUT2D eigenvalue weighted by Gasteiger charge is -2.40. The first-order valence-corrected chi connectivity index (χ1v) is 11.0. The van der Waals surface area contributed by atoms with Crippen LogP contribution in [0.2, 0.25) is 0 Å². The molecule has 1 aliphatic rings. The van der Waals surface area contributed by atoms with E-state index in [4.69, 9.17) is 5.73 Å². The van der Waals surface area contributed by atoms with Crippen LogP contribution >= 0.6 is 11.3 Å². The molecule has 31 heavy (non-hydrogen) atoms. The van der Waals surface area contributed by atoms with Gasteiger partial charge in [0.2, 0.25) is 5.91 Å². The highest BCUT2D eigenvalue weighted by molar-refractivity contribution is 7.14. The van der Waals surface area contributed by atoms with Gasteiger partial charge in [0.1, 0.15) is 17.8 Å². The molecule has 0 aliphatic carbocycles. The Bertz CT molecular complexity index is 1200. The van der Waals surface area contributed by atoms with Gasteiger partial charge in [-0.2, -0.15) is 0 Å². The molecule has 0 aromatic carbocycles. The van der Waals surface area contributed by atoms with Crippen LogP contribution in [0.5, 0.6) is 0 Å². The highest BCUT2D eigenvalue weighted by atomic mass is 32.1. The summed E-state index contributed by atoms with van der Waals surface area (Å²) in [6.45, 7) is 1.68. The van der Waals surface area contributed by atoms with Crippen molar-refractivity contribution in [2.45, 2.75) is 12.8 Å². The van der Waals surface area contributed by atoms with Crippen molar-refractivity contribution in [2.24, 2.45) is 11.1 Å². The van der Waals surface area contributed by atoms with E-state index in [9.17, 15) is 4.79 Å². The van der Waals surface area contributed by atoms with E-state index in [1.807, 2.05) is 29.8 Å². The minimum Gasteiger partial charge on any atom is -0.356 e. The van der Waals surface area contributed by atoms with Gasteiger partial charge in [-0.25, -0.2) is 15.0 Å². The maximum Gasteiger partial charge on any atom is 0.233 e. The SMILES string of the molecule is NCC1(C(=O)Nc2nc(-c3cccnc3)cs2)CCN(c2ncnc3[nH]ccc23)CC1. The molecule has 5 heterocycles. The first-order valence-electron chi connectivity index (χ1n) is 10.1. The summed E-state index contributed by atoms with van der Waals surface area (Å²) in [6.07, 6.45) is 8.19. The average Bonchev–Trinajstić information content (AvgIpc) is 3.49. The number of nitrogens with two attached hydrogens (primary N) is 1. The number of pyridine rings is 1. The summed E-state index contributed by atoms with van der Waals surface area (Å²) in [4.78, 5) is 35.9. The van der Waals surface area contributed by atoms with Gasteiger partial charge in [0, 0.05) is 49.2 Å². The fourth-order valence-electron chi connectivity index (χ4n) is 3.99. The standard InChI is InChI=1S/C21H22N8OS/c22-12-21(19(30)28-20-27-16(11-31-20)14-2-1-6-23-10-14)4-8-29(9-5-21)18-15-3-7-24-17(15)25-13-26-18/h1-3,6-7,10-11,13H,4-5,8-9,12,22H2,(H,24,25,26)(H,27,28,30). The second-order valence-corrected chi connectivity index (χ2v) is 8.50. The number of nitrogens with zero attached hydrogens (tertiary/aromatic N) is 5. The van der Waals surface area contributed by atoms with Gasteiger partial charge in [0.15, 0.2) is 5.13 Å². The summed E-state index contributed by atoms with van der Waals surface area (Å²) < 4.78 is 0. The second kappa shape index (κ2) is 8.05. The Labute approximate surface area is 182 Å². The van der Waals surface area contributed by atoms with Gasteiger partial charge in [-0.05, 0) is 31.0 Å². The average molecular weight is 435 g/mol. The number of aromatic amines is 1. The van der Waals surface area contributed by atoms with E-state index in [0.29, 0.717) is 31.1 Å². The molecule has 9 nitrogen and oxygen atoms in total. The maximum atomic E-state index is 13.2. The van der Waals surface area contributed by atoms with E-state index >= 15 is 0 Å². The number of nitrogens with one attached hydrogen (secondary N) is 2. The van der Waals surface area contributed by atoms with Crippen molar-refractivity contribution < 1.29 is 4.79 Å². The number of fused-ring (bicyclic) bond motifs is 1. The van der Waals surface area contributed by atoms with Crippen molar-refractivity contribution in [1.29, 1.82) is 0 Å². The third-order valence-electron chi connectivity index (χ3n) is 5.91. The Kier molecular flexibility index (Phi) is 5.08. The molecule has 1 fully saturated rings. The highest BCUT2D eigenvalue weighted by Crippen LogP contribution is 2.35. The van der Waals surface area contributed by atoms with Gasteiger partial charge < -0.3 is 20.9 Å². The number of H-pyrrole nitrogens is 1. The number of hydrogen-bond donors (Lipinski definition) is 3. The van der Waals surface area contributed by atoms with Crippen LogP contribution in [0.1, 0.15) is 12.8 Å². The third-order valence-corrected chi connectivity index (χ3v) is 6.67. The highest BCUT2D eigenvalue weighted by Gasteiger charge is 2.41. The number of amides is 1. The quantitative estimate of drug-likeness (QED) is 0.441. The summed E-state index contributed by atoms with van der Waals surface area (Å²) in [6, 6.07) is 5.78. The largest absolute Gasteiger partial charge is 0.356 e. The number of hydrogen-bond acceptors (Lipinski definition) is 8. The van der Waals surface area contributed by atoms with E-state index in [1.165, 1.54) is 11.3 Å². The van der Waals surface area contributed by atoms with Crippen LogP contribution in [0.25, 0.3) is 22.3 Å². The molecule has 0 atom stereocenters. The lowest BCUT2D eigenvalue weighted by Crippen LogP contribution is -2.50. The van der Waals surface area contributed by atoms with Gasteiger partial charge >= 0.3 is 0 Å². The molecule has 10 heteroatoms. The number of aromatic nitrogens is 5. The van der Waals surface area contributed by atoms with Crippen LogP contribution < -0.4 is 16.0 Å². The predicted octanol–water partition coefficient (Wildman–Crippen LogP) is 2.66. The molecule has 5 rings (SSSR count). The van der Waals surface area contributed by atoms with Crippen molar-refractivity contribution in [3.63, 3.8) is 0 Å². The Hall–Kier alpha value is -3.37. The molecule has 1 saturated heterocycles. The summed E-state index contributed by atoms with van der Waals surface area (Å²) in [7, 11) is 0. The Balaban J connectivity index is 1.29. The number of rotatable bonds is 5. The van der Waals surface area contributed by atoms with Crippen molar-refractivity contribution in [2.75, 3.05) is 29.9 Å². The van der Waals surface area contributed by atoms with E-state index < -0.39 is 5.41 Å². The van der Waals surface area contributed by atoms with E-state index in [2.05, 4.69) is 35.1 Å². The molecule has 158 valence electrons. The number of carbonyl (C=O) groups is 1. The smallest absolute Gasteiger partial charge is 0.233 e. The summed E-state index contributed by atoms with van der Waals surface area (Å²) in [5.74, 6) is 0.814. The molecular formula is C21H22N8OS. The number of carbonyl (C=O) groups excluding carboxylic acids is 1. The molecule has 4 aromatic rings. The molecule has 0 saturated carbocycles. The zero-order chi connectivity index (χ0) is 21.3. The normalized spacial score (nSPS) is 15.8. The summed E-state index contributed by atoms with van der Waals surface area (Å²) in [5, 5.41) is 6.47. The zero-order valence-electron chi connectivity index (χ0n) is 16.8. The van der Waals surface area contributed by atoms with Crippen LogP contribution in [0.15, 0.2) is 48.5 Å². The molecule has 0 spiro atoms. The summed E-state index contributed by atoms with van der Waals surface area (Å²) in [5.41, 5.74) is 8.01. The lowest BCUT2D eigenvalue weighted by atomic mass is 9.77. The van der Waals surface area contributed by atoms with Crippen molar-refractivity contribution >= 4 is 39.2 Å². The van der Waals surface area contributed by atoms with Gasteiger partial charge in [-0.1, -0.05) is 0 Å². The fraction of sp³-hybridized carbons (Fsp3) is 0.286. The minimum absolute atomic E-state index is 0.0729. The predicted molar refractivity (Wildman–Crippen MR) is 121 cm³/mol. The molecule has 0 bridgehead atoms. The molecule has 1 aliphatic heterocycles. The third kappa shape index (κ3) is 3.64. The molecule has 0 unspecified atom stereocenters. The number of anilines is 2. The van der Waals surface area contributed by atoms with E-state index in [1.54, 1.807) is 18.7 Å². The van der Waals surface area contributed by atoms with Gasteiger partial charge in [0.25, 0.3) is 0 Å². The summed E-state index contributed by atoms with van der Waals surface area (Å²) >= 11 is 1.40. The van der Waals surface area contributed by atoms with Crippen LogP contribution in [0, 0.1) is 5.41 Å². The second-order valence-electron chi connectivity index (χ2n) is 7.64. The topological polar surface area (TPSA) is 126 Å². The monoisotopic (exact) mass is 434 g/mol. The molecule has 4 aromatic heterocycles. The Morgan fingerprint density at radius 3 is 2.94 bits per heavy atom. The first-order chi connectivity index (χ1) is 15.2. The van der Waals surface area contributed by atoms with Crippen molar-refractivity contribution in [1.82, 2.24) is 24.9 Å². The van der Waals surface area contributed by atoms with Crippen molar-refractivity contribution in [3.8, 4) is 11.3 Å². The number of thiazole rings is 1. The molecular weight excluding hydrogens is 412 g/mol.